The molecule has 1 N–H and O–H groups in total. The Kier molecular flexibility index (Phi) is 6.71. The second-order valence-corrected chi connectivity index (χ2v) is 7.25. The molecule has 0 saturated carbocycles. The van der Waals surface area contributed by atoms with Crippen LogP contribution in [0.5, 0.6) is 5.75 Å². The summed E-state index contributed by atoms with van der Waals surface area (Å²) >= 11 is 1.37. The molecule has 1 aromatic heterocycles. The monoisotopic (exact) mass is 396 g/mol. The van der Waals surface area contributed by atoms with E-state index in [9.17, 15) is 4.79 Å². The van der Waals surface area contributed by atoms with E-state index in [4.69, 9.17) is 4.74 Å². The van der Waals surface area contributed by atoms with E-state index < -0.39 is 0 Å². The Morgan fingerprint density at radius 1 is 1.14 bits per heavy atom. The predicted molar refractivity (Wildman–Crippen MR) is 111 cm³/mol. The van der Waals surface area contributed by atoms with E-state index in [0.29, 0.717) is 11.8 Å². The summed E-state index contributed by atoms with van der Waals surface area (Å²) in [5, 5.41) is 12.2. The molecule has 0 spiro atoms. The minimum absolute atomic E-state index is 0.0341. The van der Waals surface area contributed by atoms with Crippen molar-refractivity contribution < 1.29 is 9.53 Å². The number of carbonyl (C=O) groups is 1. The summed E-state index contributed by atoms with van der Waals surface area (Å²) in [5.74, 6) is 1.83. The van der Waals surface area contributed by atoms with Gasteiger partial charge in [-0.15, -0.1) is 10.2 Å². The van der Waals surface area contributed by atoms with Crippen molar-refractivity contribution in [3.63, 3.8) is 0 Å². The lowest BCUT2D eigenvalue weighted by molar-refractivity contribution is -0.119. The van der Waals surface area contributed by atoms with Gasteiger partial charge in [0, 0.05) is 12.6 Å². The van der Waals surface area contributed by atoms with Gasteiger partial charge in [-0.25, -0.2) is 0 Å². The second kappa shape index (κ2) is 9.41. The maximum Gasteiger partial charge on any atom is 0.230 e. The number of rotatable bonds is 8. The largest absolute Gasteiger partial charge is 0.494 e. The first-order chi connectivity index (χ1) is 13.6. The summed E-state index contributed by atoms with van der Waals surface area (Å²) < 4.78 is 7.37. The van der Waals surface area contributed by atoms with Crippen molar-refractivity contribution in [1.29, 1.82) is 0 Å². The number of ether oxygens (including phenoxy) is 1. The number of nitrogens with one attached hydrogen (secondary N) is 1. The molecule has 0 saturated heterocycles. The van der Waals surface area contributed by atoms with Crippen LogP contribution in [-0.4, -0.2) is 33.0 Å². The number of carbonyl (C=O) groups excluding carboxylic acids is 1. The van der Waals surface area contributed by atoms with E-state index in [-0.39, 0.29) is 17.7 Å². The van der Waals surface area contributed by atoms with Crippen LogP contribution >= 0.6 is 11.8 Å². The van der Waals surface area contributed by atoms with Crippen molar-refractivity contribution in [3.8, 4) is 17.1 Å². The number of benzene rings is 2. The highest BCUT2D eigenvalue weighted by Crippen LogP contribution is 2.24. The van der Waals surface area contributed by atoms with Crippen molar-refractivity contribution in [2.75, 3.05) is 12.4 Å². The Labute approximate surface area is 169 Å². The van der Waals surface area contributed by atoms with E-state index in [0.717, 1.165) is 22.7 Å². The number of thioether (sulfide) groups is 1. The lowest BCUT2D eigenvalue weighted by atomic mass is 10.1. The van der Waals surface area contributed by atoms with Crippen LogP contribution in [0.3, 0.4) is 0 Å². The van der Waals surface area contributed by atoms with Crippen LogP contribution in [-0.2, 0) is 11.8 Å². The molecule has 2 aromatic carbocycles. The summed E-state index contributed by atoms with van der Waals surface area (Å²) in [7, 11) is 1.90. The summed E-state index contributed by atoms with van der Waals surface area (Å²) in [6.45, 7) is 4.57. The Balaban J connectivity index is 1.59. The molecular weight excluding hydrogens is 372 g/mol. The molecule has 3 rings (SSSR count). The highest BCUT2D eigenvalue weighted by molar-refractivity contribution is 7.99. The zero-order chi connectivity index (χ0) is 19.9. The highest BCUT2D eigenvalue weighted by Gasteiger charge is 2.14. The van der Waals surface area contributed by atoms with E-state index in [1.807, 2.05) is 80.1 Å². The summed E-state index contributed by atoms with van der Waals surface area (Å²) in [5.41, 5.74) is 2.03. The minimum Gasteiger partial charge on any atom is -0.494 e. The second-order valence-electron chi connectivity index (χ2n) is 6.31. The fourth-order valence-electron chi connectivity index (χ4n) is 2.80. The van der Waals surface area contributed by atoms with Crippen molar-refractivity contribution >= 4 is 17.7 Å². The molecule has 0 bridgehead atoms. The van der Waals surface area contributed by atoms with E-state index in [2.05, 4.69) is 15.5 Å². The molecule has 0 aliphatic rings. The molecule has 1 atom stereocenters. The minimum atomic E-state index is -0.0352. The fourth-order valence-corrected chi connectivity index (χ4v) is 3.52. The molecular formula is C21H24N4O2S. The number of nitrogens with zero attached hydrogens (tertiary/aromatic N) is 3. The average Bonchev–Trinajstić information content (AvgIpc) is 3.08. The summed E-state index contributed by atoms with van der Waals surface area (Å²) in [6.07, 6.45) is 0. The molecule has 1 amide bonds. The third-order valence-electron chi connectivity index (χ3n) is 4.27. The van der Waals surface area contributed by atoms with Crippen LogP contribution in [0.4, 0.5) is 0 Å². The Bertz CT molecular complexity index is 910. The van der Waals surface area contributed by atoms with Gasteiger partial charge in [0.2, 0.25) is 5.91 Å². The van der Waals surface area contributed by atoms with Gasteiger partial charge in [-0.1, -0.05) is 42.1 Å². The molecule has 7 heteroatoms. The molecule has 0 fully saturated rings. The quantitative estimate of drug-likeness (QED) is 0.586. The van der Waals surface area contributed by atoms with Crippen LogP contribution in [0.25, 0.3) is 11.4 Å². The van der Waals surface area contributed by atoms with Crippen molar-refractivity contribution in [2.24, 2.45) is 7.05 Å². The Hall–Kier alpha value is -2.80. The van der Waals surface area contributed by atoms with Gasteiger partial charge in [-0.3, -0.25) is 4.79 Å². The van der Waals surface area contributed by atoms with Crippen LogP contribution in [0.2, 0.25) is 0 Å². The van der Waals surface area contributed by atoms with Crippen LogP contribution in [0.1, 0.15) is 25.5 Å². The van der Waals surface area contributed by atoms with Crippen LogP contribution in [0.15, 0.2) is 59.8 Å². The van der Waals surface area contributed by atoms with Gasteiger partial charge < -0.3 is 14.6 Å². The van der Waals surface area contributed by atoms with Gasteiger partial charge in [0.15, 0.2) is 11.0 Å². The maximum absolute atomic E-state index is 12.3. The Morgan fingerprint density at radius 3 is 2.54 bits per heavy atom. The normalized spacial score (nSPS) is 11.8. The lowest BCUT2D eigenvalue weighted by Gasteiger charge is -2.14. The van der Waals surface area contributed by atoms with Crippen LogP contribution in [0, 0.1) is 0 Å². The van der Waals surface area contributed by atoms with Gasteiger partial charge in [-0.2, -0.15) is 0 Å². The summed E-state index contributed by atoms with van der Waals surface area (Å²) in [6, 6.07) is 17.6. The first-order valence-electron chi connectivity index (χ1n) is 9.18. The topological polar surface area (TPSA) is 69.0 Å². The zero-order valence-corrected chi connectivity index (χ0v) is 17.1. The van der Waals surface area contributed by atoms with Gasteiger partial charge in [0.1, 0.15) is 5.75 Å². The molecule has 0 unspecified atom stereocenters. The summed E-state index contributed by atoms with van der Waals surface area (Å²) in [4.78, 5) is 12.3. The van der Waals surface area contributed by atoms with Gasteiger partial charge in [0.25, 0.3) is 0 Å². The van der Waals surface area contributed by atoms with E-state index in [1.54, 1.807) is 0 Å². The fraction of sp³-hybridized carbons (Fsp3) is 0.286. The number of aromatic nitrogens is 3. The van der Waals surface area contributed by atoms with Crippen molar-refractivity contribution in [2.45, 2.75) is 25.0 Å². The standard InChI is InChI=1S/C21H24N4O2S/c1-4-27-18-12-10-17(11-13-18)20-23-24-21(25(20)3)28-14-19(26)22-15(2)16-8-6-5-7-9-16/h5-13,15H,4,14H2,1-3H3,(H,22,26)/t15-/m1/s1. The third kappa shape index (κ3) is 4.92. The third-order valence-corrected chi connectivity index (χ3v) is 5.29. The first kappa shape index (κ1) is 19.9. The number of amides is 1. The molecule has 146 valence electrons. The number of hydrogen-bond donors (Lipinski definition) is 1. The van der Waals surface area contributed by atoms with Crippen molar-refractivity contribution in [3.05, 3.63) is 60.2 Å². The molecule has 0 aliphatic carbocycles. The Morgan fingerprint density at radius 2 is 1.86 bits per heavy atom. The van der Waals surface area contributed by atoms with E-state index in [1.165, 1.54) is 11.8 Å². The maximum atomic E-state index is 12.3. The van der Waals surface area contributed by atoms with Crippen molar-refractivity contribution in [1.82, 2.24) is 20.1 Å². The van der Waals surface area contributed by atoms with Gasteiger partial charge in [-0.05, 0) is 43.7 Å². The molecule has 0 radical (unpaired) electrons. The molecule has 1 heterocycles. The van der Waals surface area contributed by atoms with Gasteiger partial charge in [0.05, 0.1) is 18.4 Å². The molecule has 6 nitrogen and oxygen atoms in total. The van der Waals surface area contributed by atoms with Crippen LogP contribution < -0.4 is 10.1 Å². The predicted octanol–water partition coefficient (Wildman–Crippen LogP) is 3.85. The number of hydrogen-bond acceptors (Lipinski definition) is 5. The zero-order valence-electron chi connectivity index (χ0n) is 16.3. The van der Waals surface area contributed by atoms with E-state index >= 15 is 0 Å². The smallest absolute Gasteiger partial charge is 0.230 e. The van der Waals surface area contributed by atoms with Gasteiger partial charge >= 0.3 is 0 Å². The first-order valence-corrected chi connectivity index (χ1v) is 10.2. The lowest BCUT2D eigenvalue weighted by Crippen LogP contribution is -2.28. The molecule has 0 aliphatic heterocycles. The molecule has 28 heavy (non-hydrogen) atoms. The highest BCUT2D eigenvalue weighted by atomic mass is 32.2. The SMILES string of the molecule is CCOc1ccc(-c2nnc(SCC(=O)N[C@H](C)c3ccccc3)n2C)cc1. The average molecular weight is 397 g/mol. The molecule has 3 aromatic rings.